The normalized spacial score (nSPS) is 11.4. The van der Waals surface area contributed by atoms with E-state index in [1.54, 1.807) is 19.4 Å². The van der Waals surface area contributed by atoms with Gasteiger partial charge < -0.3 is 15.6 Å². The van der Waals surface area contributed by atoms with Crippen LogP contribution in [0, 0.1) is 0 Å². The van der Waals surface area contributed by atoms with Gasteiger partial charge in [0.15, 0.2) is 0 Å². The van der Waals surface area contributed by atoms with Gasteiger partial charge >= 0.3 is 0 Å². The average molecular weight is 196 g/mol. The van der Waals surface area contributed by atoms with Crippen LogP contribution in [0.15, 0.2) is 12.4 Å². The smallest absolute Gasteiger partial charge is 0.240 e. The second-order valence-corrected chi connectivity index (χ2v) is 3.59. The largest absolute Gasteiger partial charge is 0.347 e. The molecule has 0 aliphatic rings. The maximum absolute atomic E-state index is 11.6. The summed E-state index contributed by atoms with van der Waals surface area (Å²) in [4.78, 5) is 18.5. The molecular formula is C9H16N4O. The van der Waals surface area contributed by atoms with Crippen molar-refractivity contribution in [1.29, 1.82) is 0 Å². The molecule has 0 radical (unpaired) electrons. The molecule has 0 aliphatic heterocycles. The minimum atomic E-state index is -0.549. The Balaban J connectivity index is 2.43. The number of amides is 1. The van der Waals surface area contributed by atoms with Crippen LogP contribution in [0.2, 0.25) is 0 Å². The van der Waals surface area contributed by atoms with Crippen molar-refractivity contribution in [2.24, 2.45) is 0 Å². The van der Waals surface area contributed by atoms with Crippen LogP contribution in [0.1, 0.15) is 19.7 Å². The number of hydrogen-bond donors (Lipinski definition) is 3. The molecule has 1 aromatic rings. The van der Waals surface area contributed by atoms with Crippen molar-refractivity contribution < 1.29 is 4.79 Å². The maximum Gasteiger partial charge on any atom is 0.240 e. The summed E-state index contributed by atoms with van der Waals surface area (Å²) in [5.74, 6) is 0.710. The molecule has 0 saturated carbocycles. The Kier molecular flexibility index (Phi) is 3.24. The van der Waals surface area contributed by atoms with Crippen LogP contribution >= 0.6 is 0 Å². The summed E-state index contributed by atoms with van der Waals surface area (Å²) in [6.07, 6.45) is 3.38. The first-order chi connectivity index (χ1) is 6.56. The van der Waals surface area contributed by atoms with Gasteiger partial charge in [-0.05, 0) is 20.9 Å². The number of likely N-dealkylation sites (N-methyl/N-ethyl adjacent to an activating group) is 1. The molecule has 0 aliphatic carbocycles. The van der Waals surface area contributed by atoms with Crippen LogP contribution in [-0.2, 0) is 11.3 Å². The van der Waals surface area contributed by atoms with E-state index >= 15 is 0 Å². The minimum Gasteiger partial charge on any atom is -0.347 e. The number of hydrogen-bond acceptors (Lipinski definition) is 3. The number of aromatic amines is 1. The van der Waals surface area contributed by atoms with Crippen molar-refractivity contribution in [1.82, 2.24) is 20.6 Å². The van der Waals surface area contributed by atoms with Crippen molar-refractivity contribution in [2.75, 3.05) is 7.05 Å². The summed E-state index contributed by atoms with van der Waals surface area (Å²) in [6.45, 7) is 4.08. The topological polar surface area (TPSA) is 69.8 Å². The van der Waals surface area contributed by atoms with E-state index in [-0.39, 0.29) is 5.91 Å². The molecule has 1 heterocycles. The van der Waals surface area contributed by atoms with Crippen molar-refractivity contribution in [3.8, 4) is 0 Å². The van der Waals surface area contributed by atoms with Gasteiger partial charge in [-0.3, -0.25) is 4.79 Å². The number of nitrogens with zero attached hydrogens (tertiary/aromatic N) is 1. The molecule has 1 rings (SSSR count). The highest BCUT2D eigenvalue weighted by Crippen LogP contribution is 2.00. The molecule has 1 aromatic heterocycles. The van der Waals surface area contributed by atoms with Gasteiger partial charge in [0.25, 0.3) is 0 Å². The highest BCUT2D eigenvalue weighted by atomic mass is 16.2. The molecular weight excluding hydrogens is 180 g/mol. The Morgan fingerprint density at radius 1 is 1.64 bits per heavy atom. The lowest BCUT2D eigenvalue weighted by atomic mass is 10.1. The predicted molar refractivity (Wildman–Crippen MR) is 53.6 cm³/mol. The van der Waals surface area contributed by atoms with Crippen molar-refractivity contribution >= 4 is 5.91 Å². The number of nitrogens with one attached hydrogen (secondary N) is 3. The van der Waals surface area contributed by atoms with Gasteiger partial charge in [0, 0.05) is 12.4 Å². The van der Waals surface area contributed by atoms with E-state index in [1.807, 2.05) is 13.8 Å². The standard InChI is InChI=1S/C9H16N4O/c1-9(2,10-3)8(14)13-6-7-11-4-5-12-7/h4-5,10H,6H2,1-3H3,(H,11,12)(H,13,14). The third-order valence-corrected chi connectivity index (χ3v) is 2.16. The summed E-state index contributed by atoms with van der Waals surface area (Å²) >= 11 is 0. The molecule has 0 aromatic carbocycles. The summed E-state index contributed by atoms with van der Waals surface area (Å²) in [6, 6.07) is 0. The van der Waals surface area contributed by atoms with Crippen molar-refractivity contribution in [2.45, 2.75) is 25.9 Å². The van der Waals surface area contributed by atoms with E-state index in [1.165, 1.54) is 0 Å². The van der Waals surface area contributed by atoms with Crippen LogP contribution in [-0.4, -0.2) is 28.5 Å². The summed E-state index contributed by atoms with van der Waals surface area (Å²) in [5, 5.41) is 5.71. The average Bonchev–Trinajstić information content (AvgIpc) is 2.66. The fourth-order valence-electron chi connectivity index (χ4n) is 0.893. The van der Waals surface area contributed by atoms with E-state index < -0.39 is 5.54 Å². The molecule has 1 amide bonds. The maximum atomic E-state index is 11.6. The van der Waals surface area contributed by atoms with Gasteiger partial charge in [0.2, 0.25) is 5.91 Å². The Morgan fingerprint density at radius 3 is 2.86 bits per heavy atom. The summed E-state index contributed by atoms with van der Waals surface area (Å²) < 4.78 is 0. The van der Waals surface area contributed by atoms with Gasteiger partial charge in [-0.1, -0.05) is 0 Å². The first kappa shape index (κ1) is 10.7. The van der Waals surface area contributed by atoms with Gasteiger partial charge in [-0.2, -0.15) is 0 Å². The second kappa shape index (κ2) is 4.23. The third-order valence-electron chi connectivity index (χ3n) is 2.16. The molecule has 78 valence electrons. The first-order valence-electron chi connectivity index (χ1n) is 4.52. The van der Waals surface area contributed by atoms with Crippen LogP contribution < -0.4 is 10.6 Å². The fourth-order valence-corrected chi connectivity index (χ4v) is 0.893. The molecule has 3 N–H and O–H groups in total. The number of aromatic nitrogens is 2. The zero-order valence-corrected chi connectivity index (χ0v) is 8.72. The first-order valence-corrected chi connectivity index (χ1v) is 4.52. The zero-order chi connectivity index (χ0) is 10.6. The molecule has 0 atom stereocenters. The molecule has 14 heavy (non-hydrogen) atoms. The molecule has 5 nitrogen and oxygen atoms in total. The van der Waals surface area contributed by atoms with Crippen molar-refractivity contribution in [3.05, 3.63) is 18.2 Å². The molecule has 0 saturated heterocycles. The van der Waals surface area contributed by atoms with E-state index in [2.05, 4.69) is 20.6 Å². The Hall–Kier alpha value is -1.36. The monoisotopic (exact) mass is 196 g/mol. The minimum absolute atomic E-state index is 0.0450. The highest BCUT2D eigenvalue weighted by molar-refractivity contribution is 5.85. The van der Waals surface area contributed by atoms with Crippen LogP contribution in [0.25, 0.3) is 0 Å². The van der Waals surface area contributed by atoms with E-state index in [4.69, 9.17) is 0 Å². The summed E-state index contributed by atoms with van der Waals surface area (Å²) in [7, 11) is 1.76. The molecule has 0 bridgehead atoms. The lowest BCUT2D eigenvalue weighted by Crippen LogP contribution is -2.50. The van der Waals surface area contributed by atoms with Crippen LogP contribution in [0.5, 0.6) is 0 Å². The Bertz CT molecular complexity index is 292. The molecule has 0 fully saturated rings. The summed E-state index contributed by atoms with van der Waals surface area (Å²) in [5.41, 5.74) is -0.549. The Morgan fingerprint density at radius 2 is 2.36 bits per heavy atom. The van der Waals surface area contributed by atoms with E-state index in [9.17, 15) is 4.79 Å². The lowest BCUT2D eigenvalue weighted by Gasteiger charge is -2.22. The third kappa shape index (κ3) is 2.56. The van der Waals surface area contributed by atoms with E-state index in [0.29, 0.717) is 6.54 Å². The number of H-pyrrole nitrogens is 1. The van der Waals surface area contributed by atoms with Gasteiger partial charge in [0.05, 0.1) is 12.1 Å². The molecule has 0 unspecified atom stereocenters. The Labute approximate surface area is 83.3 Å². The number of carbonyl (C=O) groups excluding carboxylic acids is 1. The zero-order valence-electron chi connectivity index (χ0n) is 8.72. The van der Waals surface area contributed by atoms with Crippen LogP contribution in [0.3, 0.4) is 0 Å². The second-order valence-electron chi connectivity index (χ2n) is 3.59. The number of carbonyl (C=O) groups is 1. The van der Waals surface area contributed by atoms with E-state index in [0.717, 1.165) is 5.82 Å². The number of imidazole rings is 1. The fraction of sp³-hybridized carbons (Fsp3) is 0.556. The SMILES string of the molecule is CNC(C)(C)C(=O)NCc1ncc[nH]1. The quantitative estimate of drug-likeness (QED) is 0.636. The number of rotatable bonds is 4. The lowest BCUT2D eigenvalue weighted by molar-refractivity contribution is -0.126. The predicted octanol–water partition coefficient (Wildman–Crippen LogP) is 0.0239. The molecule has 0 spiro atoms. The highest BCUT2D eigenvalue weighted by Gasteiger charge is 2.24. The van der Waals surface area contributed by atoms with Crippen molar-refractivity contribution in [3.63, 3.8) is 0 Å². The molecule has 5 heteroatoms. The van der Waals surface area contributed by atoms with Gasteiger partial charge in [0.1, 0.15) is 5.82 Å². The van der Waals surface area contributed by atoms with Gasteiger partial charge in [-0.15, -0.1) is 0 Å². The van der Waals surface area contributed by atoms with Crippen LogP contribution in [0.4, 0.5) is 0 Å². The van der Waals surface area contributed by atoms with Gasteiger partial charge in [-0.25, -0.2) is 4.98 Å².